The number of hydrogen-bond donors (Lipinski definition) is 12. The van der Waals surface area contributed by atoms with Gasteiger partial charge >= 0.3 is 0 Å². The molecule has 12 N–H and O–H groups in total. The molecule has 0 saturated heterocycles. The lowest BCUT2D eigenvalue weighted by Crippen LogP contribution is -2.43. The molecule has 6 atom stereocenters. The number of nitrogens with one attached hydrogen (secondary N) is 12. The van der Waals surface area contributed by atoms with E-state index in [4.69, 9.17) is 0 Å². The molecule has 0 fully saturated rings. The van der Waals surface area contributed by atoms with Crippen molar-refractivity contribution in [2.45, 2.75) is 539 Å². The minimum absolute atomic E-state index is 0. The molecule has 0 heterocycles. The number of ketones is 3. The zero-order valence-electron chi connectivity index (χ0n) is 87.4. The highest BCUT2D eigenvalue weighted by atomic mass is 16.2. The average Bonchev–Trinajstić information content (AvgIpc) is 0.889. The number of Topliss-reactive ketones (excluding diaryl/α,β-unsaturated/α-hetero) is 3. The van der Waals surface area contributed by atoms with Gasteiger partial charge in [-0.3, -0.25) is 57.5 Å². The fourth-order valence-corrected chi connectivity index (χ4v) is 15.3. The van der Waals surface area contributed by atoms with Crippen molar-refractivity contribution in [2.24, 2.45) is 53.3 Å². The van der Waals surface area contributed by atoms with Gasteiger partial charge < -0.3 is 63.8 Å². The minimum Gasteiger partial charge on any atom is -0.356 e. The number of carbonyl (C=O) groups is 12. The summed E-state index contributed by atoms with van der Waals surface area (Å²) in [6.07, 6.45) is 34.9. The second-order valence-corrected chi connectivity index (χ2v) is 41.6. The van der Waals surface area contributed by atoms with Crippen molar-refractivity contribution in [3.8, 4) is 0 Å². The highest BCUT2D eigenvalue weighted by Gasteiger charge is 2.32. The van der Waals surface area contributed by atoms with Crippen LogP contribution in [0.1, 0.15) is 485 Å². The van der Waals surface area contributed by atoms with Gasteiger partial charge in [0.05, 0.1) is 18.1 Å². The molecule has 9 amide bonds. The Morgan fingerprint density at radius 2 is 0.383 bits per heavy atom. The van der Waals surface area contributed by atoms with E-state index in [1.807, 2.05) is 55.4 Å². The molecular formula is C109H220N12O12. The summed E-state index contributed by atoms with van der Waals surface area (Å²) in [6.45, 7) is 54.5. The summed E-state index contributed by atoms with van der Waals surface area (Å²) in [5, 5.41) is 37.2. The number of amides is 9. The molecule has 24 heteroatoms. The van der Waals surface area contributed by atoms with E-state index in [1.165, 1.54) is 6.42 Å². The Balaban J connectivity index is -0.000000356. The van der Waals surface area contributed by atoms with Crippen molar-refractivity contribution in [2.75, 3.05) is 39.3 Å². The standard InChI is InChI=1S/C40H76N4O5.C35H68N4O4.C30H60N4O3.4CH4/c1-30(2)19-9-12-24-37(46)41-27-17-15-22-34(40(49)43-33(7)8)29-36(45)35(44-39(48)26-14-11-21-32(5)6)23-16-18-28-42-38(47)25-13-10-20-31(3)4;1-26(2)17-9-11-21-33(41)37-24-16-14-20-31(39-34(42)22-12-10-18-27(3)4)32(40)25-30(35(43)38-29(7)8)19-13-15-23-36-28(5)6;1-22(2)15-9-10-18-29(36)32-20-14-12-17-27(33-24(5)6)28(35)21-26(30(37)34-25(7)8)16-11-13-19-31-23(3)4;;;;/h30-35H,9-29H2,1-8H3,(H,41,46)(H,42,47)(H,43,49)(H,44,48);26-31,36H,9-25H2,1-8H3,(H,37,41)(H,38,43)(H,39,42);22-27,31,33H,9-21H2,1-8H3,(H,32,36)(H,34,37);4*1H4. The largest absolute Gasteiger partial charge is 0.356 e. The Bertz CT molecular complexity index is 2900. The first kappa shape index (κ1) is 140. The van der Waals surface area contributed by atoms with Gasteiger partial charge in [0.1, 0.15) is 0 Å². The van der Waals surface area contributed by atoms with Crippen molar-refractivity contribution in [3.63, 3.8) is 0 Å². The summed E-state index contributed by atoms with van der Waals surface area (Å²) < 4.78 is 0. The summed E-state index contributed by atoms with van der Waals surface area (Å²) in [5.74, 6) is 2.41. The smallest absolute Gasteiger partial charge is 0.223 e. The van der Waals surface area contributed by atoms with E-state index in [9.17, 15) is 57.5 Å². The van der Waals surface area contributed by atoms with Crippen LogP contribution >= 0.6 is 0 Å². The molecule has 24 nitrogen and oxygen atoms in total. The number of hydrogen-bond acceptors (Lipinski definition) is 15. The summed E-state index contributed by atoms with van der Waals surface area (Å²) >= 11 is 0. The molecule has 0 aromatic carbocycles. The van der Waals surface area contributed by atoms with Crippen LogP contribution in [0, 0.1) is 53.3 Å². The van der Waals surface area contributed by atoms with Crippen LogP contribution in [0.5, 0.6) is 0 Å². The normalized spacial score (nSPS) is 12.6. The Morgan fingerprint density at radius 1 is 0.188 bits per heavy atom. The van der Waals surface area contributed by atoms with Crippen LogP contribution < -0.4 is 63.8 Å². The lowest BCUT2D eigenvalue weighted by atomic mass is 9.90. The topological polar surface area (TPSA) is 349 Å². The van der Waals surface area contributed by atoms with Gasteiger partial charge in [-0.2, -0.15) is 0 Å². The molecule has 0 rings (SSSR count). The van der Waals surface area contributed by atoms with E-state index in [1.54, 1.807) is 0 Å². The highest BCUT2D eigenvalue weighted by molar-refractivity contribution is 5.94. The van der Waals surface area contributed by atoms with E-state index in [-0.39, 0.29) is 156 Å². The highest BCUT2D eigenvalue weighted by Crippen LogP contribution is 2.23. The van der Waals surface area contributed by atoms with E-state index in [2.05, 4.69) is 175 Å². The summed E-state index contributed by atoms with van der Waals surface area (Å²) in [7, 11) is 0. The third-order valence-corrected chi connectivity index (χ3v) is 22.8. The van der Waals surface area contributed by atoms with Crippen LogP contribution in [0.4, 0.5) is 0 Å². The van der Waals surface area contributed by atoms with E-state index in [0.717, 1.165) is 186 Å². The van der Waals surface area contributed by atoms with Crippen LogP contribution in [-0.4, -0.2) is 164 Å². The zero-order chi connectivity index (χ0) is 97.9. The molecule has 0 saturated carbocycles. The van der Waals surface area contributed by atoms with E-state index < -0.39 is 23.9 Å². The van der Waals surface area contributed by atoms with Gasteiger partial charge in [-0.15, -0.1) is 0 Å². The number of rotatable bonds is 81. The van der Waals surface area contributed by atoms with Crippen LogP contribution in [0.2, 0.25) is 0 Å². The van der Waals surface area contributed by atoms with Crippen molar-refractivity contribution < 1.29 is 57.5 Å². The molecule has 0 bridgehead atoms. The fourth-order valence-electron chi connectivity index (χ4n) is 15.3. The molecule has 0 aromatic rings. The Labute approximate surface area is 819 Å². The first-order valence-corrected chi connectivity index (χ1v) is 52.3. The van der Waals surface area contributed by atoms with Gasteiger partial charge in [-0.25, -0.2) is 0 Å². The predicted octanol–water partition coefficient (Wildman–Crippen LogP) is 21.9. The molecule has 0 aromatic heterocycles. The van der Waals surface area contributed by atoms with Gasteiger partial charge in [0, 0.05) is 138 Å². The predicted molar refractivity (Wildman–Crippen MR) is 563 cm³/mol. The summed E-state index contributed by atoms with van der Waals surface area (Å²) in [4.78, 5) is 154. The Kier molecular flexibility index (Phi) is 96.1. The van der Waals surface area contributed by atoms with Crippen molar-refractivity contribution in [1.29, 1.82) is 0 Å². The van der Waals surface area contributed by atoms with E-state index >= 15 is 0 Å². The number of carbonyl (C=O) groups excluding carboxylic acids is 12. The van der Waals surface area contributed by atoms with Crippen LogP contribution in [0.3, 0.4) is 0 Å². The quantitative estimate of drug-likeness (QED) is 0.0252. The van der Waals surface area contributed by atoms with Crippen LogP contribution in [-0.2, 0) is 57.5 Å². The molecule has 788 valence electrons. The maximum absolute atomic E-state index is 13.7. The molecular weight excluding hydrogens is 1670 g/mol. The molecule has 0 aliphatic carbocycles. The molecule has 0 aliphatic rings. The molecule has 133 heavy (non-hydrogen) atoms. The molecule has 0 spiro atoms. The average molecular weight is 1890 g/mol. The lowest BCUT2D eigenvalue weighted by molar-refractivity contribution is -0.132. The SMILES string of the molecule is C.C.C.C.CC(C)CCCCC(=O)NCCCCC(CC(=O)C(CCCCNC(=O)CCCCC(C)C)NC(=O)CCCCC(C)C)C(=O)NC(C)C.CC(C)CCCCC(=O)NCCCCC(NC(=O)CCCCC(C)C)C(=O)CC(CCCCNC(C)C)C(=O)NC(C)C.CC(C)CCCCC(=O)NCCCCC(NC(C)C)C(=O)CC(CCCCNC(C)C)C(=O)NC(C)C. The maximum Gasteiger partial charge on any atom is 0.223 e. The monoisotopic (exact) mass is 1890 g/mol. The van der Waals surface area contributed by atoms with Gasteiger partial charge in [0.25, 0.3) is 0 Å². The minimum atomic E-state index is -0.659. The lowest BCUT2D eigenvalue weighted by Gasteiger charge is -2.24. The Morgan fingerprint density at radius 3 is 0.594 bits per heavy atom. The second kappa shape index (κ2) is 91.2. The van der Waals surface area contributed by atoms with E-state index in [0.29, 0.717) is 164 Å². The van der Waals surface area contributed by atoms with Crippen molar-refractivity contribution in [3.05, 3.63) is 0 Å². The fraction of sp³-hybridized carbons (Fsp3) is 0.890. The summed E-state index contributed by atoms with van der Waals surface area (Å²) in [6, 6.07) is -0.468. The second-order valence-electron chi connectivity index (χ2n) is 41.6. The first-order valence-electron chi connectivity index (χ1n) is 52.3. The third-order valence-electron chi connectivity index (χ3n) is 22.8. The summed E-state index contributed by atoms with van der Waals surface area (Å²) in [5.41, 5.74) is 0. The first-order chi connectivity index (χ1) is 60.9. The van der Waals surface area contributed by atoms with Crippen LogP contribution in [0.25, 0.3) is 0 Å². The molecule has 0 aliphatic heterocycles. The van der Waals surface area contributed by atoms with Crippen molar-refractivity contribution in [1.82, 2.24) is 63.8 Å². The van der Waals surface area contributed by atoms with Crippen molar-refractivity contribution >= 4 is 70.5 Å². The van der Waals surface area contributed by atoms with Crippen LogP contribution in [0.15, 0.2) is 0 Å². The Hall–Kier alpha value is -5.88. The zero-order valence-corrected chi connectivity index (χ0v) is 87.4. The van der Waals surface area contributed by atoms with Gasteiger partial charge in [-0.05, 0) is 225 Å². The number of unbranched alkanes of at least 4 members (excludes halogenated alkanes) is 12. The third kappa shape index (κ3) is 93.5. The van der Waals surface area contributed by atoms with Gasteiger partial charge in [-0.1, -0.05) is 251 Å². The van der Waals surface area contributed by atoms with Gasteiger partial charge in [0.2, 0.25) is 53.2 Å². The molecule has 0 radical (unpaired) electrons. The molecule has 6 unspecified atom stereocenters. The maximum atomic E-state index is 13.7. The van der Waals surface area contributed by atoms with Gasteiger partial charge in [0.15, 0.2) is 17.3 Å².